The third-order valence-electron chi connectivity index (χ3n) is 3.38. The normalized spacial score (nSPS) is 43.0. The average Bonchev–Trinajstić information content (AvgIpc) is 2.67. The number of rotatable bonds is 3. The maximum absolute atomic E-state index is 9.95. The van der Waals surface area contributed by atoms with Gasteiger partial charge in [0.05, 0.1) is 17.2 Å². The molecule has 2 rings (SSSR count). The minimum atomic E-state index is -0.837. The van der Waals surface area contributed by atoms with Crippen molar-refractivity contribution in [2.24, 2.45) is 10.9 Å². The number of nitrogens with zero attached hydrogens (tertiary/aromatic N) is 1. The molecule has 0 aromatic carbocycles. The standard InChI is InChI=1S/C11H19NO3S/c1-2-3-8-12-9-7(16-8)4-6(5-13)10(14)11(9)15/h6-7,9-11,13-15H,2-5H2,1H3. The van der Waals surface area contributed by atoms with Crippen LogP contribution in [-0.4, -0.2) is 50.5 Å². The van der Waals surface area contributed by atoms with Gasteiger partial charge >= 0.3 is 0 Å². The maximum atomic E-state index is 9.95. The Kier molecular flexibility index (Phi) is 3.89. The van der Waals surface area contributed by atoms with Gasteiger partial charge in [-0.05, 0) is 12.8 Å². The number of fused-ring (bicyclic) bond motifs is 1. The minimum absolute atomic E-state index is 0.0644. The van der Waals surface area contributed by atoms with Crippen LogP contribution in [0.25, 0.3) is 0 Å². The molecule has 1 saturated carbocycles. The van der Waals surface area contributed by atoms with Crippen molar-refractivity contribution in [1.29, 1.82) is 0 Å². The van der Waals surface area contributed by atoms with Crippen LogP contribution in [0.1, 0.15) is 26.2 Å². The van der Waals surface area contributed by atoms with Crippen LogP contribution in [0, 0.1) is 5.92 Å². The van der Waals surface area contributed by atoms with Crippen molar-refractivity contribution >= 4 is 16.8 Å². The first-order valence-corrected chi connectivity index (χ1v) is 6.75. The highest BCUT2D eigenvalue weighted by Crippen LogP contribution is 2.40. The molecule has 5 unspecified atom stereocenters. The Hall–Kier alpha value is -0.100. The van der Waals surface area contributed by atoms with E-state index in [2.05, 4.69) is 11.9 Å². The average molecular weight is 245 g/mol. The first-order valence-electron chi connectivity index (χ1n) is 5.87. The lowest BCUT2D eigenvalue weighted by Gasteiger charge is -2.37. The quantitative estimate of drug-likeness (QED) is 0.673. The van der Waals surface area contributed by atoms with Crippen molar-refractivity contribution in [2.45, 2.75) is 49.7 Å². The molecule has 1 heterocycles. The van der Waals surface area contributed by atoms with Crippen LogP contribution in [0.5, 0.6) is 0 Å². The third-order valence-corrected chi connectivity index (χ3v) is 4.73. The van der Waals surface area contributed by atoms with Crippen LogP contribution >= 0.6 is 11.8 Å². The van der Waals surface area contributed by atoms with Crippen LogP contribution in [0.15, 0.2) is 4.99 Å². The van der Waals surface area contributed by atoms with Gasteiger partial charge in [0.25, 0.3) is 0 Å². The summed E-state index contributed by atoms with van der Waals surface area (Å²) in [5, 5.41) is 30.2. The van der Waals surface area contributed by atoms with Crippen LogP contribution in [0.3, 0.4) is 0 Å². The molecule has 0 radical (unpaired) electrons. The fourth-order valence-electron chi connectivity index (χ4n) is 2.45. The number of thioether (sulfide) groups is 1. The fraction of sp³-hybridized carbons (Fsp3) is 0.909. The maximum Gasteiger partial charge on any atom is 0.104 e. The molecular weight excluding hydrogens is 226 g/mol. The number of aliphatic hydroxyl groups excluding tert-OH is 3. The highest BCUT2D eigenvalue weighted by atomic mass is 32.2. The minimum Gasteiger partial charge on any atom is -0.396 e. The van der Waals surface area contributed by atoms with Gasteiger partial charge in [-0.25, -0.2) is 0 Å². The van der Waals surface area contributed by atoms with Crippen LogP contribution in [0.4, 0.5) is 0 Å². The molecule has 0 aromatic rings. The van der Waals surface area contributed by atoms with Crippen molar-refractivity contribution in [3.8, 4) is 0 Å². The lowest BCUT2D eigenvalue weighted by Crippen LogP contribution is -2.51. The summed E-state index contributed by atoms with van der Waals surface area (Å²) < 4.78 is 0. The van der Waals surface area contributed by atoms with Gasteiger partial charge in [0, 0.05) is 17.8 Å². The van der Waals surface area contributed by atoms with E-state index in [4.69, 9.17) is 5.11 Å². The van der Waals surface area contributed by atoms with E-state index >= 15 is 0 Å². The molecule has 5 heteroatoms. The molecule has 0 spiro atoms. The van der Waals surface area contributed by atoms with E-state index in [1.54, 1.807) is 11.8 Å². The first kappa shape index (κ1) is 12.4. The lowest BCUT2D eigenvalue weighted by molar-refractivity contribution is -0.0646. The van der Waals surface area contributed by atoms with Gasteiger partial charge in [0.1, 0.15) is 6.10 Å². The summed E-state index contributed by atoms with van der Waals surface area (Å²) in [7, 11) is 0. The van der Waals surface area contributed by atoms with E-state index in [1.165, 1.54) is 0 Å². The van der Waals surface area contributed by atoms with Gasteiger partial charge in [-0.15, -0.1) is 11.8 Å². The molecule has 1 fully saturated rings. The molecule has 4 nitrogen and oxygen atoms in total. The molecule has 0 bridgehead atoms. The van der Waals surface area contributed by atoms with Crippen molar-refractivity contribution in [2.75, 3.05) is 6.61 Å². The lowest BCUT2D eigenvalue weighted by atomic mass is 9.81. The van der Waals surface area contributed by atoms with E-state index in [0.29, 0.717) is 0 Å². The van der Waals surface area contributed by atoms with Gasteiger partial charge < -0.3 is 15.3 Å². The van der Waals surface area contributed by atoms with Gasteiger partial charge in [0.15, 0.2) is 0 Å². The molecular formula is C11H19NO3S. The Labute approximate surface area is 99.8 Å². The molecule has 3 N–H and O–H groups in total. The topological polar surface area (TPSA) is 73.1 Å². The predicted octanol–water partition coefficient (Wildman–Crippen LogP) is 0.403. The second kappa shape index (κ2) is 5.04. The van der Waals surface area contributed by atoms with Crippen LogP contribution in [-0.2, 0) is 0 Å². The highest BCUT2D eigenvalue weighted by Gasteiger charge is 2.46. The van der Waals surface area contributed by atoms with Crippen molar-refractivity contribution in [3.63, 3.8) is 0 Å². The van der Waals surface area contributed by atoms with E-state index < -0.39 is 12.2 Å². The number of hydrogen-bond donors (Lipinski definition) is 3. The van der Waals surface area contributed by atoms with Gasteiger partial charge in [0.2, 0.25) is 0 Å². The summed E-state index contributed by atoms with van der Waals surface area (Å²) in [6.45, 7) is 2.04. The zero-order valence-corrected chi connectivity index (χ0v) is 10.2. The van der Waals surface area contributed by atoms with E-state index in [9.17, 15) is 10.2 Å². The molecule has 5 atom stereocenters. The van der Waals surface area contributed by atoms with E-state index in [1.807, 2.05) is 0 Å². The Bertz CT molecular complexity index is 284. The summed E-state index contributed by atoms with van der Waals surface area (Å²) in [5.74, 6) is -0.208. The predicted molar refractivity (Wildman–Crippen MR) is 64.7 cm³/mol. The molecule has 16 heavy (non-hydrogen) atoms. The molecule has 0 saturated heterocycles. The number of aliphatic imine (C=N–C) groups is 1. The summed E-state index contributed by atoms with van der Waals surface area (Å²) in [6, 6.07) is -0.177. The summed E-state index contributed by atoms with van der Waals surface area (Å²) >= 11 is 1.71. The third kappa shape index (κ3) is 2.14. The smallest absolute Gasteiger partial charge is 0.104 e. The molecule has 2 aliphatic rings. The van der Waals surface area contributed by atoms with Gasteiger partial charge in [-0.3, -0.25) is 4.99 Å². The van der Waals surface area contributed by atoms with Crippen molar-refractivity contribution < 1.29 is 15.3 Å². The Morgan fingerprint density at radius 3 is 2.75 bits per heavy atom. The zero-order chi connectivity index (χ0) is 11.7. The largest absolute Gasteiger partial charge is 0.396 e. The highest BCUT2D eigenvalue weighted by molar-refractivity contribution is 8.14. The summed E-state index contributed by atoms with van der Waals surface area (Å²) in [6.07, 6.45) is 1.08. The molecule has 1 aliphatic carbocycles. The van der Waals surface area contributed by atoms with Crippen molar-refractivity contribution in [1.82, 2.24) is 0 Å². The molecule has 0 aromatic heterocycles. The van der Waals surface area contributed by atoms with E-state index in [0.717, 1.165) is 24.3 Å². The van der Waals surface area contributed by atoms with Crippen molar-refractivity contribution in [3.05, 3.63) is 0 Å². The Morgan fingerprint density at radius 1 is 1.38 bits per heavy atom. The van der Waals surface area contributed by atoms with Crippen LogP contribution < -0.4 is 0 Å². The first-order chi connectivity index (χ1) is 7.67. The Balaban J connectivity index is 2.08. The SMILES string of the molecule is CCCC1=NC2C(CC(CO)C(O)C2O)S1. The van der Waals surface area contributed by atoms with Crippen LogP contribution in [0.2, 0.25) is 0 Å². The monoisotopic (exact) mass is 245 g/mol. The molecule has 1 aliphatic heterocycles. The number of aliphatic hydroxyl groups is 3. The zero-order valence-electron chi connectivity index (χ0n) is 9.41. The van der Waals surface area contributed by atoms with Gasteiger partial charge in [-0.1, -0.05) is 13.3 Å². The molecule has 0 amide bonds. The second-order valence-electron chi connectivity index (χ2n) is 4.58. The van der Waals surface area contributed by atoms with E-state index in [-0.39, 0.29) is 23.8 Å². The Morgan fingerprint density at radius 2 is 2.12 bits per heavy atom. The number of hydrogen-bond acceptors (Lipinski definition) is 5. The fourth-order valence-corrected chi connectivity index (χ4v) is 4.01. The van der Waals surface area contributed by atoms with Gasteiger partial charge in [-0.2, -0.15) is 0 Å². The summed E-state index contributed by atoms with van der Waals surface area (Å²) in [5.41, 5.74) is 0. The summed E-state index contributed by atoms with van der Waals surface area (Å²) in [4.78, 5) is 4.49. The molecule has 92 valence electrons. The second-order valence-corrected chi connectivity index (χ2v) is 5.89.